The third-order valence-corrected chi connectivity index (χ3v) is 6.42. The second-order valence-corrected chi connectivity index (χ2v) is 8.69. The third-order valence-electron chi connectivity index (χ3n) is 3.47. The van der Waals surface area contributed by atoms with E-state index < -0.39 is 10.0 Å². The Balaban J connectivity index is 1.72. The molecule has 0 saturated carbocycles. The minimum absolute atomic E-state index is 0.0792. The van der Waals surface area contributed by atoms with Crippen LogP contribution in [0.3, 0.4) is 0 Å². The van der Waals surface area contributed by atoms with Crippen molar-refractivity contribution in [2.45, 2.75) is 24.6 Å². The molecule has 0 bridgehead atoms. The lowest BCUT2D eigenvalue weighted by molar-refractivity contribution is -0.114. The Bertz CT molecular complexity index is 1060. The van der Waals surface area contributed by atoms with Crippen LogP contribution in [0.2, 0.25) is 0 Å². The van der Waals surface area contributed by atoms with Crippen LogP contribution in [0.5, 0.6) is 0 Å². The summed E-state index contributed by atoms with van der Waals surface area (Å²) >= 11 is 1.11. The molecule has 2 N–H and O–H groups in total. The number of anilines is 1. The SMILES string of the molecule is CC(=O)Nc1c(C)noc1/C=C/c1ccc(S(=O)(=O)NCc2ccco2)s1. The van der Waals surface area contributed by atoms with Crippen LogP contribution in [0, 0.1) is 6.92 Å². The van der Waals surface area contributed by atoms with Crippen molar-refractivity contribution in [3.8, 4) is 0 Å². The van der Waals surface area contributed by atoms with Gasteiger partial charge in [0.2, 0.25) is 15.9 Å². The van der Waals surface area contributed by atoms with Crippen LogP contribution in [0.4, 0.5) is 5.69 Å². The zero-order chi connectivity index (χ0) is 19.4. The Morgan fingerprint density at radius 3 is 2.81 bits per heavy atom. The van der Waals surface area contributed by atoms with E-state index in [2.05, 4.69) is 15.2 Å². The van der Waals surface area contributed by atoms with Crippen LogP contribution in [0.1, 0.15) is 29.0 Å². The molecule has 3 heterocycles. The predicted molar refractivity (Wildman–Crippen MR) is 102 cm³/mol. The lowest BCUT2D eigenvalue weighted by Crippen LogP contribution is -2.22. The number of sulfonamides is 1. The maximum absolute atomic E-state index is 12.4. The standard InChI is InChI=1S/C17H17N3O5S2/c1-11-17(19-12(2)21)15(25-20-11)7-5-14-6-8-16(26-14)27(22,23)18-10-13-4-3-9-24-13/h3-9,18H,10H2,1-2H3,(H,19,21)/b7-5+. The number of hydrogen-bond acceptors (Lipinski definition) is 7. The van der Waals surface area contributed by atoms with E-state index in [1.165, 1.54) is 19.3 Å². The lowest BCUT2D eigenvalue weighted by atomic mass is 10.2. The fraction of sp³-hybridized carbons (Fsp3) is 0.176. The molecule has 1 amide bonds. The molecule has 0 spiro atoms. The molecule has 0 unspecified atom stereocenters. The molecule has 0 aliphatic carbocycles. The van der Waals surface area contributed by atoms with Gasteiger partial charge in [-0.1, -0.05) is 5.16 Å². The summed E-state index contributed by atoms with van der Waals surface area (Å²) < 4.78 is 37.7. The van der Waals surface area contributed by atoms with E-state index in [4.69, 9.17) is 8.94 Å². The van der Waals surface area contributed by atoms with Gasteiger partial charge in [-0.3, -0.25) is 4.79 Å². The average Bonchev–Trinajstić information content (AvgIpc) is 3.34. The van der Waals surface area contributed by atoms with Gasteiger partial charge in [-0.05, 0) is 43.3 Å². The summed E-state index contributed by atoms with van der Waals surface area (Å²) in [6, 6.07) is 6.59. The van der Waals surface area contributed by atoms with Gasteiger partial charge in [-0.2, -0.15) is 0 Å². The first kappa shape index (κ1) is 19.1. The first-order valence-electron chi connectivity index (χ1n) is 7.89. The molecule has 8 nitrogen and oxygen atoms in total. The highest BCUT2D eigenvalue weighted by Gasteiger charge is 2.17. The third kappa shape index (κ3) is 4.73. The van der Waals surface area contributed by atoms with Gasteiger partial charge in [0, 0.05) is 11.8 Å². The normalized spacial score (nSPS) is 11.9. The van der Waals surface area contributed by atoms with Crippen molar-refractivity contribution in [1.29, 1.82) is 0 Å². The number of furan rings is 1. The van der Waals surface area contributed by atoms with E-state index in [-0.39, 0.29) is 16.7 Å². The van der Waals surface area contributed by atoms with Gasteiger partial charge in [-0.25, -0.2) is 13.1 Å². The highest BCUT2D eigenvalue weighted by molar-refractivity contribution is 7.91. The Labute approximate surface area is 159 Å². The zero-order valence-electron chi connectivity index (χ0n) is 14.6. The number of rotatable bonds is 7. The van der Waals surface area contributed by atoms with Crippen molar-refractivity contribution in [2.75, 3.05) is 5.32 Å². The van der Waals surface area contributed by atoms with Gasteiger partial charge in [0.1, 0.15) is 21.4 Å². The van der Waals surface area contributed by atoms with Crippen LogP contribution in [0.15, 0.2) is 43.7 Å². The number of hydrogen-bond donors (Lipinski definition) is 2. The van der Waals surface area contributed by atoms with E-state index >= 15 is 0 Å². The van der Waals surface area contributed by atoms with Crippen molar-refractivity contribution >= 4 is 45.1 Å². The molecule has 27 heavy (non-hydrogen) atoms. The number of carbonyl (C=O) groups is 1. The molecule has 0 aliphatic heterocycles. The van der Waals surface area contributed by atoms with E-state index in [1.54, 1.807) is 37.3 Å². The minimum atomic E-state index is -3.64. The number of carbonyl (C=O) groups excluding carboxylic acids is 1. The van der Waals surface area contributed by atoms with Crippen LogP contribution >= 0.6 is 11.3 Å². The molecule has 0 fully saturated rings. The molecule has 142 valence electrons. The Morgan fingerprint density at radius 2 is 2.11 bits per heavy atom. The van der Waals surface area contributed by atoms with Gasteiger partial charge >= 0.3 is 0 Å². The highest BCUT2D eigenvalue weighted by atomic mass is 32.2. The van der Waals surface area contributed by atoms with E-state index in [1.807, 2.05) is 0 Å². The quantitative estimate of drug-likeness (QED) is 0.621. The summed E-state index contributed by atoms with van der Waals surface area (Å²) in [4.78, 5) is 12.0. The summed E-state index contributed by atoms with van der Waals surface area (Å²) in [7, 11) is -3.64. The number of amides is 1. The van der Waals surface area contributed by atoms with Gasteiger partial charge in [-0.15, -0.1) is 11.3 Å². The first-order chi connectivity index (χ1) is 12.8. The molecule has 0 aromatic carbocycles. The van der Waals surface area contributed by atoms with Crippen molar-refractivity contribution in [1.82, 2.24) is 9.88 Å². The maximum Gasteiger partial charge on any atom is 0.250 e. The molecular formula is C17H17N3O5S2. The first-order valence-corrected chi connectivity index (χ1v) is 10.2. The molecule has 0 radical (unpaired) electrons. The summed E-state index contributed by atoms with van der Waals surface area (Å²) in [6.45, 7) is 3.19. The molecule has 3 aromatic heterocycles. The Hall–Kier alpha value is -2.69. The Kier molecular flexibility index (Phi) is 5.59. The molecule has 0 atom stereocenters. The fourth-order valence-electron chi connectivity index (χ4n) is 2.21. The second kappa shape index (κ2) is 7.91. The number of aromatic nitrogens is 1. The number of aryl methyl sites for hydroxylation is 1. The highest BCUT2D eigenvalue weighted by Crippen LogP contribution is 2.26. The zero-order valence-corrected chi connectivity index (χ0v) is 16.2. The molecule has 0 saturated heterocycles. The van der Waals surface area contributed by atoms with E-state index in [9.17, 15) is 13.2 Å². The van der Waals surface area contributed by atoms with Gasteiger partial charge in [0.05, 0.1) is 12.8 Å². The fourth-order valence-corrected chi connectivity index (χ4v) is 4.47. The van der Waals surface area contributed by atoms with Crippen molar-refractivity contribution in [3.05, 3.63) is 52.6 Å². The smallest absolute Gasteiger partial charge is 0.250 e. The molecule has 0 aliphatic rings. The summed E-state index contributed by atoms with van der Waals surface area (Å²) in [5.41, 5.74) is 1.05. The van der Waals surface area contributed by atoms with E-state index in [0.29, 0.717) is 27.8 Å². The minimum Gasteiger partial charge on any atom is -0.468 e. The number of nitrogens with one attached hydrogen (secondary N) is 2. The second-order valence-electron chi connectivity index (χ2n) is 5.58. The largest absolute Gasteiger partial charge is 0.468 e. The summed E-state index contributed by atoms with van der Waals surface area (Å²) in [5.74, 6) is 0.681. The van der Waals surface area contributed by atoms with Crippen LogP contribution in [-0.4, -0.2) is 19.5 Å². The topological polar surface area (TPSA) is 114 Å². The molecule has 10 heteroatoms. The van der Waals surface area contributed by atoms with E-state index in [0.717, 1.165) is 11.3 Å². The lowest BCUT2D eigenvalue weighted by Gasteiger charge is -2.02. The van der Waals surface area contributed by atoms with Gasteiger partial charge in [0.15, 0.2) is 5.76 Å². The number of nitrogens with zero attached hydrogens (tertiary/aromatic N) is 1. The van der Waals surface area contributed by atoms with Crippen molar-refractivity contribution < 1.29 is 22.2 Å². The Morgan fingerprint density at radius 1 is 1.30 bits per heavy atom. The van der Waals surface area contributed by atoms with Crippen LogP contribution in [-0.2, 0) is 21.4 Å². The van der Waals surface area contributed by atoms with Crippen LogP contribution in [0.25, 0.3) is 12.2 Å². The summed E-state index contributed by atoms with van der Waals surface area (Å²) in [6.07, 6.45) is 4.81. The molecule has 3 aromatic rings. The molecular weight excluding hydrogens is 390 g/mol. The predicted octanol–water partition coefficient (Wildman–Crippen LogP) is 3.24. The average molecular weight is 407 g/mol. The monoisotopic (exact) mass is 407 g/mol. The summed E-state index contributed by atoms with van der Waals surface area (Å²) in [5, 5.41) is 6.48. The van der Waals surface area contributed by atoms with Gasteiger partial charge in [0.25, 0.3) is 0 Å². The molecule has 3 rings (SSSR count). The van der Waals surface area contributed by atoms with Crippen LogP contribution < -0.4 is 10.0 Å². The van der Waals surface area contributed by atoms with Crippen molar-refractivity contribution in [3.63, 3.8) is 0 Å². The number of thiophene rings is 1. The maximum atomic E-state index is 12.4. The van der Waals surface area contributed by atoms with Crippen molar-refractivity contribution in [2.24, 2.45) is 0 Å². The van der Waals surface area contributed by atoms with Gasteiger partial charge < -0.3 is 14.3 Å².